The maximum absolute atomic E-state index is 13.7. The van der Waals surface area contributed by atoms with Gasteiger partial charge in [-0.05, 0) is 49.2 Å². The van der Waals surface area contributed by atoms with Gasteiger partial charge < -0.3 is 51.5 Å². The first-order valence-electron chi connectivity index (χ1n) is 15.1. The number of aliphatic hydroxyl groups excluding tert-OH is 1. The molecule has 3 rings (SSSR count). The fourth-order valence-electron chi connectivity index (χ4n) is 5.07. The number of aliphatic hydroxyl groups is 1. The second-order valence-corrected chi connectivity index (χ2v) is 11.6. The van der Waals surface area contributed by atoms with Crippen molar-refractivity contribution < 1.29 is 54.0 Å². The highest BCUT2D eigenvalue weighted by molar-refractivity contribution is 5.96. The standard InChI is InChI=1S/C32H40N6O11/c1-15(34-30(46)23(14-39)37(4)17(3)40)28(44)33-13-26(43)38(5)27-19-7-9-25(42)21(12-19)20-10-18(6-8-24(20)41)11-22(32(48)49)36-29(45)16(2)35-31(27)47/h6-10,12,15-16,22-23,27,39,41-42H,11,13-14H2,1-5H3,(H,33,44)(H,34,46)(H,35,47)(H,36,45)(H,48,49)/t15-,16+,22+,23-,27+/m1/s1. The van der Waals surface area contributed by atoms with Gasteiger partial charge in [-0.3, -0.25) is 28.8 Å². The number of phenols is 2. The maximum atomic E-state index is 13.7. The van der Waals surface area contributed by atoms with Crippen molar-refractivity contribution in [1.29, 1.82) is 0 Å². The molecule has 1 aliphatic rings. The molecule has 0 saturated heterocycles. The Bertz CT molecular complexity index is 1650. The number of fused-ring (bicyclic) bond motifs is 5. The maximum Gasteiger partial charge on any atom is 0.326 e. The monoisotopic (exact) mass is 684 g/mol. The van der Waals surface area contributed by atoms with E-state index in [1.54, 1.807) is 0 Å². The van der Waals surface area contributed by atoms with Gasteiger partial charge in [0.05, 0.1) is 13.2 Å². The molecule has 17 heteroatoms. The molecule has 5 atom stereocenters. The van der Waals surface area contributed by atoms with Crippen LogP contribution in [0.25, 0.3) is 11.1 Å². The predicted octanol–water partition coefficient (Wildman–Crippen LogP) is -1.65. The molecular weight excluding hydrogens is 644 g/mol. The molecule has 0 spiro atoms. The van der Waals surface area contributed by atoms with E-state index in [2.05, 4.69) is 21.3 Å². The molecule has 6 amide bonds. The lowest BCUT2D eigenvalue weighted by Crippen LogP contribution is -2.55. The number of carboxylic acid groups (broad SMARTS) is 1. The second kappa shape index (κ2) is 15.9. The summed E-state index contributed by atoms with van der Waals surface area (Å²) in [6.45, 7) is 2.49. The number of benzene rings is 2. The van der Waals surface area contributed by atoms with Crippen LogP contribution in [-0.2, 0) is 40.0 Å². The van der Waals surface area contributed by atoms with Crippen LogP contribution in [0.15, 0.2) is 36.4 Å². The summed E-state index contributed by atoms with van der Waals surface area (Å²) in [5.74, 6) is -6.51. The summed E-state index contributed by atoms with van der Waals surface area (Å²) in [7, 11) is 2.56. The molecule has 49 heavy (non-hydrogen) atoms. The number of amides is 6. The van der Waals surface area contributed by atoms with Crippen molar-refractivity contribution in [1.82, 2.24) is 31.1 Å². The number of rotatable bonds is 9. The van der Waals surface area contributed by atoms with Gasteiger partial charge in [0.2, 0.25) is 35.4 Å². The first-order valence-corrected chi connectivity index (χ1v) is 15.1. The number of hydrogen-bond donors (Lipinski definition) is 8. The van der Waals surface area contributed by atoms with E-state index in [0.717, 1.165) is 9.80 Å². The van der Waals surface area contributed by atoms with Crippen LogP contribution >= 0.6 is 0 Å². The topological polar surface area (TPSA) is 255 Å². The Hall–Kier alpha value is -5.71. The van der Waals surface area contributed by atoms with Crippen molar-refractivity contribution in [3.8, 4) is 22.6 Å². The Morgan fingerprint density at radius 2 is 1.55 bits per heavy atom. The van der Waals surface area contributed by atoms with Crippen molar-refractivity contribution in [2.75, 3.05) is 27.2 Å². The van der Waals surface area contributed by atoms with Gasteiger partial charge in [-0.15, -0.1) is 0 Å². The Balaban J connectivity index is 1.92. The van der Waals surface area contributed by atoms with Crippen LogP contribution in [0.1, 0.15) is 37.9 Å². The van der Waals surface area contributed by atoms with Gasteiger partial charge >= 0.3 is 5.97 Å². The van der Waals surface area contributed by atoms with Gasteiger partial charge in [0.15, 0.2) is 0 Å². The van der Waals surface area contributed by atoms with E-state index in [-0.39, 0.29) is 34.6 Å². The van der Waals surface area contributed by atoms with Crippen LogP contribution in [0.5, 0.6) is 11.5 Å². The minimum atomic E-state index is -1.47. The van der Waals surface area contributed by atoms with Crippen LogP contribution in [-0.4, -0.2) is 123 Å². The number of nitrogens with one attached hydrogen (secondary N) is 4. The van der Waals surface area contributed by atoms with Crippen LogP contribution in [0.2, 0.25) is 0 Å². The molecule has 8 N–H and O–H groups in total. The molecule has 17 nitrogen and oxygen atoms in total. The lowest BCUT2D eigenvalue weighted by molar-refractivity contribution is -0.143. The predicted molar refractivity (Wildman–Crippen MR) is 172 cm³/mol. The summed E-state index contributed by atoms with van der Waals surface area (Å²) in [6.07, 6.45) is -0.180. The Morgan fingerprint density at radius 3 is 2.14 bits per heavy atom. The van der Waals surface area contributed by atoms with E-state index in [1.807, 2.05) is 0 Å². The van der Waals surface area contributed by atoms with E-state index >= 15 is 0 Å². The lowest BCUT2D eigenvalue weighted by atomic mass is 9.94. The number of nitrogens with zero attached hydrogens (tertiary/aromatic N) is 2. The van der Waals surface area contributed by atoms with Crippen molar-refractivity contribution in [3.63, 3.8) is 0 Å². The number of carboxylic acids is 1. The highest BCUT2D eigenvalue weighted by Gasteiger charge is 2.34. The molecule has 1 heterocycles. The molecule has 264 valence electrons. The molecule has 0 saturated carbocycles. The highest BCUT2D eigenvalue weighted by atomic mass is 16.4. The molecule has 0 aliphatic carbocycles. The minimum absolute atomic E-state index is 0.0611. The van der Waals surface area contributed by atoms with Crippen LogP contribution in [0.4, 0.5) is 0 Å². The van der Waals surface area contributed by atoms with E-state index in [4.69, 9.17) is 0 Å². The third-order valence-electron chi connectivity index (χ3n) is 8.13. The molecular formula is C32H40N6O11. The van der Waals surface area contributed by atoms with Crippen molar-refractivity contribution in [2.45, 2.75) is 57.4 Å². The molecule has 1 aliphatic heterocycles. The zero-order valence-corrected chi connectivity index (χ0v) is 27.5. The van der Waals surface area contributed by atoms with E-state index in [1.165, 1.54) is 71.3 Å². The third-order valence-corrected chi connectivity index (χ3v) is 8.13. The molecule has 2 aromatic rings. The Kier molecular flexibility index (Phi) is 12.3. The normalized spacial score (nSPS) is 18.8. The van der Waals surface area contributed by atoms with Crippen molar-refractivity contribution >= 4 is 41.4 Å². The Labute approximate surface area is 281 Å². The van der Waals surface area contributed by atoms with Gasteiger partial charge in [-0.2, -0.15) is 0 Å². The van der Waals surface area contributed by atoms with Gasteiger partial charge in [-0.25, -0.2) is 4.79 Å². The SMILES string of the molecule is CC(=O)N(C)[C@H](CO)C(=O)N[C@H](C)C(=O)NCC(=O)N(C)[C@@H]1C(=O)N[C@@H](C)C(=O)N[C@H](C(=O)O)Cc2ccc(O)c(c2)-c2cc1ccc2O. The van der Waals surface area contributed by atoms with Gasteiger partial charge in [-0.1, -0.05) is 12.1 Å². The fraction of sp³-hybridized carbons (Fsp3) is 0.406. The number of likely N-dealkylation sites (N-methyl/N-ethyl adjacent to an activating group) is 2. The first-order chi connectivity index (χ1) is 23.0. The second-order valence-electron chi connectivity index (χ2n) is 11.6. The molecule has 0 aromatic heterocycles. The van der Waals surface area contributed by atoms with Crippen LogP contribution < -0.4 is 21.3 Å². The number of carbonyl (C=O) groups excluding carboxylic acids is 6. The minimum Gasteiger partial charge on any atom is -0.507 e. The molecule has 0 fully saturated rings. The van der Waals surface area contributed by atoms with Gasteiger partial charge in [0.1, 0.15) is 41.7 Å². The molecule has 0 radical (unpaired) electrons. The quantitative estimate of drug-likeness (QED) is 0.149. The zero-order chi connectivity index (χ0) is 36.7. The number of hydrogen-bond acceptors (Lipinski definition) is 10. The van der Waals surface area contributed by atoms with Gasteiger partial charge in [0, 0.05) is 38.6 Å². The van der Waals surface area contributed by atoms with E-state index < -0.39 is 84.8 Å². The number of aromatic hydroxyl groups is 2. The van der Waals surface area contributed by atoms with Crippen LogP contribution in [0, 0.1) is 0 Å². The molecule has 4 bridgehead atoms. The zero-order valence-electron chi connectivity index (χ0n) is 27.5. The largest absolute Gasteiger partial charge is 0.507 e. The molecule has 0 unspecified atom stereocenters. The summed E-state index contributed by atoms with van der Waals surface area (Å²) < 4.78 is 0. The summed E-state index contributed by atoms with van der Waals surface area (Å²) >= 11 is 0. The van der Waals surface area contributed by atoms with Crippen molar-refractivity contribution in [3.05, 3.63) is 47.5 Å². The lowest BCUT2D eigenvalue weighted by Gasteiger charge is -2.30. The highest BCUT2D eigenvalue weighted by Crippen LogP contribution is 2.38. The van der Waals surface area contributed by atoms with Gasteiger partial charge in [0.25, 0.3) is 0 Å². The fourth-order valence-corrected chi connectivity index (χ4v) is 5.07. The number of aliphatic carboxylic acids is 1. The Morgan fingerprint density at radius 1 is 0.939 bits per heavy atom. The number of phenolic OH excluding ortho intramolecular Hbond substituents is 2. The summed E-state index contributed by atoms with van der Waals surface area (Å²) in [5, 5.41) is 50.3. The first kappa shape index (κ1) is 37.7. The average Bonchev–Trinajstić information content (AvgIpc) is 3.04. The van der Waals surface area contributed by atoms with E-state index in [9.17, 15) is 54.0 Å². The average molecular weight is 685 g/mol. The third kappa shape index (κ3) is 9.01. The van der Waals surface area contributed by atoms with Crippen LogP contribution in [0.3, 0.4) is 0 Å². The summed E-state index contributed by atoms with van der Waals surface area (Å²) in [4.78, 5) is 90.9. The molecule has 2 aromatic carbocycles. The van der Waals surface area contributed by atoms with Crippen molar-refractivity contribution in [2.24, 2.45) is 0 Å². The summed E-state index contributed by atoms with van der Waals surface area (Å²) in [6, 6.07) is 1.56. The smallest absolute Gasteiger partial charge is 0.326 e. The van der Waals surface area contributed by atoms with E-state index in [0.29, 0.717) is 5.56 Å². The number of carbonyl (C=O) groups is 7. The summed E-state index contributed by atoms with van der Waals surface area (Å²) in [5.41, 5.74) is 0.704.